The molecule has 29 heavy (non-hydrogen) atoms. The molecule has 3 N–H and O–H groups in total. The average molecular weight is 402 g/mol. The van der Waals surface area contributed by atoms with Gasteiger partial charge in [0, 0.05) is 17.5 Å². The van der Waals surface area contributed by atoms with E-state index >= 15 is 0 Å². The SMILES string of the molecule is CC(C)(O)C(=O)N[C@H]1C[C@H](c2c(-c3ccc(F)cc3)[nH]c3c(F)cc(F)cc32)C1. The maximum Gasteiger partial charge on any atom is 0.251 e. The maximum absolute atomic E-state index is 14.4. The average Bonchev–Trinajstić information content (AvgIpc) is 2.96. The fraction of sp³-hybridized carbons (Fsp3) is 0.318. The number of fused-ring (bicyclic) bond motifs is 1. The second kappa shape index (κ2) is 6.91. The first-order valence-corrected chi connectivity index (χ1v) is 9.43. The molecule has 3 aromatic rings. The van der Waals surface area contributed by atoms with Crippen molar-refractivity contribution in [1.82, 2.24) is 10.3 Å². The van der Waals surface area contributed by atoms with Gasteiger partial charge in [-0.05, 0) is 74.1 Å². The summed E-state index contributed by atoms with van der Waals surface area (Å²) < 4.78 is 41.6. The summed E-state index contributed by atoms with van der Waals surface area (Å²) in [6.45, 7) is 2.83. The van der Waals surface area contributed by atoms with Crippen molar-refractivity contribution in [3.63, 3.8) is 0 Å². The lowest BCUT2D eigenvalue weighted by Crippen LogP contribution is -2.50. The van der Waals surface area contributed by atoms with E-state index in [-0.39, 0.29) is 23.3 Å². The van der Waals surface area contributed by atoms with E-state index in [0.29, 0.717) is 29.5 Å². The summed E-state index contributed by atoms with van der Waals surface area (Å²) in [6.07, 6.45) is 1.14. The highest BCUT2D eigenvalue weighted by Crippen LogP contribution is 2.45. The van der Waals surface area contributed by atoms with Gasteiger partial charge >= 0.3 is 0 Å². The third kappa shape index (κ3) is 3.62. The predicted molar refractivity (Wildman–Crippen MR) is 104 cm³/mol. The number of aromatic nitrogens is 1. The number of amides is 1. The molecule has 4 rings (SSSR count). The van der Waals surface area contributed by atoms with E-state index in [1.807, 2.05) is 0 Å². The van der Waals surface area contributed by atoms with Gasteiger partial charge in [-0.25, -0.2) is 13.2 Å². The van der Waals surface area contributed by atoms with E-state index < -0.39 is 23.1 Å². The van der Waals surface area contributed by atoms with Gasteiger partial charge in [-0.15, -0.1) is 0 Å². The standard InChI is InChI=1S/C22H21F3N2O2/c1-22(2,29)21(28)26-15-7-12(8-15)18-16-9-14(24)10-17(25)20(16)27-19(18)11-3-5-13(23)6-4-11/h3-6,9-10,12,15,27,29H,7-8H2,1-2H3,(H,26,28)/t12-,15-. The molecule has 0 aliphatic heterocycles. The highest BCUT2D eigenvalue weighted by atomic mass is 19.1. The molecule has 1 fully saturated rings. The van der Waals surface area contributed by atoms with Crippen molar-refractivity contribution in [2.75, 3.05) is 0 Å². The summed E-state index contributed by atoms with van der Waals surface area (Å²) in [6, 6.07) is 7.78. The Balaban J connectivity index is 1.71. The fourth-order valence-corrected chi connectivity index (χ4v) is 3.84. The van der Waals surface area contributed by atoms with Gasteiger partial charge in [-0.2, -0.15) is 0 Å². The van der Waals surface area contributed by atoms with E-state index in [4.69, 9.17) is 0 Å². The van der Waals surface area contributed by atoms with Crippen LogP contribution in [0.25, 0.3) is 22.2 Å². The molecular formula is C22H21F3N2O2. The van der Waals surface area contributed by atoms with Gasteiger partial charge < -0.3 is 15.4 Å². The molecule has 1 saturated carbocycles. The Bertz CT molecular complexity index is 1080. The predicted octanol–water partition coefficient (Wildman–Crippen LogP) is 4.39. The van der Waals surface area contributed by atoms with Gasteiger partial charge in [0.05, 0.1) is 11.2 Å². The molecule has 1 heterocycles. The van der Waals surface area contributed by atoms with Crippen molar-refractivity contribution in [2.24, 2.45) is 0 Å². The fourth-order valence-electron chi connectivity index (χ4n) is 3.84. The molecule has 0 atom stereocenters. The highest BCUT2D eigenvalue weighted by Gasteiger charge is 2.37. The number of carbonyl (C=O) groups is 1. The maximum atomic E-state index is 14.4. The van der Waals surface area contributed by atoms with E-state index in [9.17, 15) is 23.1 Å². The molecule has 1 aromatic heterocycles. The van der Waals surface area contributed by atoms with Crippen LogP contribution in [0, 0.1) is 17.5 Å². The first kappa shape index (κ1) is 19.5. The largest absolute Gasteiger partial charge is 0.381 e. The van der Waals surface area contributed by atoms with Gasteiger partial charge in [0.1, 0.15) is 23.1 Å². The molecule has 7 heteroatoms. The van der Waals surface area contributed by atoms with Gasteiger partial charge in [0.15, 0.2) is 0 Å². The number of H-pyrrole nitrogens is 1. The van der Waals surface area contributed by atoms with Crippen LogP contribution >= 0.6 is 0 Å². The second-order valence-electron chi connectivity index (χ2n) is 8.13. The molecule has 0 bridgehead atoms. The smallest absolute Gasteiger partial charge is 0.251 e. The van der Waals surface area contributed by atoms with E-state index in [0.717, 1.165) is 11.6 Å². The molecule has 1 amide bonds. The third-order valence-corrected chi connectivity index (χ3v) is 5.43. The zero-order valence-electron chi connectivity index (χ0n) is 16.0. The summed E-state index contributed by atoms with van der Waals surface area (Å²) in [7, 11) is 0. The zero-order valence-corrected chi connectivity index (χ0v) is 16.0. The summed E-state index contributed by atoms with van der Waals surface area (Å²) in [5, 5.41) is 13.0. The minimum absolute atomic E-state index is 0.0443. The number of rotatable bonds is 4. The van der Waals surface area contributed by atoms with Crippen LogP contribution in [0.5, 0.6) is 0 Å². The third-order valence-electron chi connectivity index (χ3n) is 5.43. The first-order chi connectivity index (χ1) is 13.6. The van der Waals surface area contributed by atoms with Crippen molar-refractivity contribution >= 4 is 16.8 Å². The Kier molecular flexibility index (Phi) is 4.65. The van der Waals surface area contributed by atoms with Crippen molar-refractivity contribution < 1.29 is 23.1 Å². The Morgan fingerprint density at radius 1 is 1.10 bits per heavy atom. The highest BCUT2D eigenvalue weighted by molar-refractivity contribution is 5.92. The Labute approximate surface area is 165 Å². The topological polar surface area (TPSA) is 65.1 Å². The van der Waals surface area contributed by atoms with Crippen molar-refractivity contribution in [3.05, 3.63) is 59.4 Å². The summed E-state index contributed by atoms with van der Waals surface area (Å²) >= 11 is 0. The number of aromatic amines is 1. The molecule has 0 spiro atoms. The lowest BCUT2D eigenvalue weighted by Gasteiger charge is -2.37. The van der Waals surface area contributed by atoms with Crippen LogP contribution in [0.3, 0.4) is 0 Å². The van der Waals surface area contributed by atoms with E-state index in [2.05, 4.69) is 10.3 Å². The van der Waals surface area contributed by atoms with Crippen LogP contribution in [0.2, 0.25) is 0 Å². The number of benzene rings is 2. The Hall–Kier alpha value is -2.80. The zero-order chi connectivity index (χ0) is 20.9. The lowest BCUT2D eigenvalue weighted by atomic mass is 9.74. The quantitative estimate of drug-likeness (QED) is 0.606. The number of halogens is 3. The van der Waals surface area contributed by atoms with Crippen LogP contribution in [-0.2, 0) is 4.79 Å². The van der Waals surface area contributed by atoms with Crippen LogP contribution in [0.1, 0.15) is 38.2 Å². The molecule has 1 aliphatic carbocycles. The monoisotopic (exact) mass is 402 g/mol. The van der Waals surface area contributed by atoms with Gasteiger partial charge in [0.25, 0.3) is 5.91 Å². The number of nitrogens with one attached hydrogen (secondary N) is 2. The number of hydrogen-bond donors (Lipinski definition) is 3. The van der Waals surface area contributed by atoms with Gasteiger partial charge in [-0.1, -0.05) is 0 Å². The van der Waals surface area contributed by atoms with Gasteiger partial charge in [-0.3, -0.25) is 4.79 Å². The molecule has 0 saturated heterocycles. The summed E-state index contributed by atoms with van der Waals surface area (Å²) in [5.74, 6) is -2.26. The number of carbonyl (C=O) groups excluding carboxylic acids is 1. The van der Waals surface area contributed by atoms with Crippen LogP contribution < -0.4 is 5.32 Å². The number of hydrogen-bond acceptors (Lipinski definition) is 2. The minimum atomic E-state index is -1.47. The number of aliphatic hydroxyl groups is 1. The van der Waals surface area contributed by atoms with Crippen molar-refractivity contribution in [1.29, 1.82) is 0 Å². The molecule has 4 nitrogen and oxygen atoms in total. The summed E-state index contributed by atoms with van der Waals surface area (Å²) in [5.41, 5.74) is 0.754. The molecule has 1 aliphatic rings. The molecule has 0 unspecified atom stereocenters. The van der Waals surface area contributed by atoms with E-state index in [1.165, 1.54) is 32.0 Å². The lowest BCUT2D eigenvalue weighted by molar-refractivity contribution is -0.137. The molecule has 0 radical (unpaired) electrons. The molecule has 2 aromatic carbocycles. The Morgan fingerprint density at radius 2 is 1.76 bits per heavy atom. The van der Waals surface area contributed by atoms with Crippen LogP contribution in [0.15, 0.2) is 36.4 Å². The Morgan fingerprint density at radius 3 is 2.38 bits per heavy atom. The van der Waals surface area contributed by atoms with Crippen molar-refractivity contribution in [2.45, 2.75) is 44.2 Å². The second-order valence-corrected chi connectivity index (χ2v) is 8.13. The molecule has 152 valence electrons. The van der Waals surface area contributed by atoms with Crippen LogP contribution in [0.4, 0.5) is 13.2 Å². The molecular weight excluding hydrogens is 381 g/mol. The minimum Gasteiger partial charge on any atom is -0.381 e. The van der Waals surface area contributed by atoms with Crippen molar-refractivity contribution in [3.8, 4) is 11.3 Å². The van der Waals surface area contributed by atoms with Crippen LogP contribution in [-0.4, -0.2) is 27.6 Å². The van der Waals surface area contributed by atoms with E-state index in [1.54, 1.807) is 12.1 Å². The normalized spacial score (nSPS) is 19.2. The van der Waals surface area contributed by atoms with Gasteiger partial charge in [0.2, 0.25) is 0 Å². The first-order valence-electron chi connectivity index (χ1n) is 9.43. The summed E-state index contributed by atoms with van der Waals surface area (Å²) in [4.78, 5) is 15.0.